The number of methoxy groups -OCH3 is 2. The standard InChI is InChI=1S/C12H20N2O5/c1-8(15)14-6-9(5-11(16)18-2)4-10(7-14)13-12(17)19-3/h9-10H,4-7H2,1-3H3,(H,13,17). The molecular weight excluding hydrogens is 252 g/mol. The average molecular weight is 272 g/mol. The van der Waals surface area contributed by atoms with Crippen LogP contribution in [0.2, 0.25) is 0 Å². The zero-order valence-corrected chi connectivity index (χ0v) is 11.5. The van der Waals surface area contributed by atoms with Crippen molar-refractivity contribution in [3.63, 3.8) is 0 Å². The fraction of sp³-hybridized carbons (Fsp3) is 0.750. The normalized spacial score (nSPS) is 22.6. The van der Waals surface area contributed by atoms with Crippen molar-refractivity contribution in [3.05, 3.63) is 0 Å². The summed E-state index contributed by atoms with van der Waals surface area (Å²) < 4.78 is 9.17. The summed E-state index contributed by atoms with van der Waals surface area (Å²) in [6.07, 6.45) is 0.320. The highest BCUT2D eigenvalue weighted by Crippen LogP contribution is 2.20. The van der Waals surface area contributed by atoms with Crippen LogP contribution in [0, 0.1) is 5.92 Å². The molecule has 0 saturated carbocycles. The number of esters is 1. The number of likely N-dealkylation sites (tertiary alicyclic amines) is 1. The Morgan fingerprint density at radius 3 is 2.42 bits per heavy atom. The van der Waals surface area contributed by atoms with E-state index in [1.807, 2.05) is 0 Å². The molecule has 2 amide bonds. The van der Waals surface area contributed by atoms with Crippen LogP contribution in [0.25, 0.3) is 0 Å². The maximum Gasteiger partial charge on any atom is 0.407 e. The number of nitrogens with zero attached hydrogens (tertiary/aromatic N) is 1. The first-order valence-corrected chi connectivity index (χ1v) is 6.13. The molecular formula is C12H20N2O5. The molecule has 1 N–H and O–H groups in total. The number of hydrogen-bond acceptors (Lipinski definition) is 5. The monoisotopic (exact) mass is 272 g/mol. The van der Waals surface area contributed by atoms with E-state index in [0.717, 1.165) is 0 Å². The number of rotatable bonds is 3. The van der Waals surface area contributed by atoms with Crippen molar-refractivity contribution in [1.82, 2.24) is 10.2 Å². The van der Waals surface area contributed by atoms with Gasteiger partial charge in [-0.2, -0.15) is 0 Å². The van der Waals surface area contributed by atoms with Crippen LogP contribution in [-0.2, 0) is 19.1 Å². The van der Waals surface area contributed by atoms with Crippen LogP contribution in [0.15, 0.2) is 0 Å². The molecule has 0 radical (unpaired) electrons. The third-order valence-corrected chi connectivity index (χ3v) is 3.17. The van der Waals surface area contributed by atoms with Crippen LogP contribution in [0.5, 0.6) is 0 Å². The summed E-state index contributed by atoms with van der Waals surface area (Å²) >= 11 is 0. The van der Waals surface area contributed by atoms with Gasteiger partial charge in [0.25, 0.3) is 0 Å². The number of alkyl carbamates (subject to hydrolysis) is 1. The molecule has 0 aromatic heterocycles. The maximum absolute atomic E-state index is 11.5. The summed E-state index contributed by atoms with van der Waals surface area (Å²) in [4.78, 5) is 35.6. The maximum atomic E-state index is 11.5. The van der Waals surface area contributed by atoms with E-state index in [4.69, 9.17) is 0 Å². The Labute approximate surface area is 112 Å². The van der Waals surface area contributed by atoms with Gasteiger partial charge in [-0.25, -0.2) is 4.79 Å². The molecule has 19 heavy (non-hydrogen) atoms. The summed E-state index contributed by atoms with van der Waals surface area (Å²) in [7, 11) is 2.62. The first-order valence-electron chi connectivity index (χ1n) is 6.13. The van der Waals surface area contributed by atoms with Crippen molar-refractivity contribution in [2.24, 2.45) is 5.92 Å². The number of ether oxygens (including phenoxy) is 2. The highest BCUT2D eigenvalue weighted by molar-refractivity contribution is 5.74. The van der Waals surface area contributed by atoms with Crippen LogP contribution in [-0.4, -0.2) is 56.2 Å². The van der Waals surface area contributed by atoms with E-state index < -0.39 is 6.09 Å². The summed E-state index contributed by atoms with van der Waals surface area (Å²) in [6, 6.07) is -0.209. The molecule has 0 aromatic carbocycles. The van der Waals surface area contributed by atoms with E-state index in [1.54, 1.807) is 4.90 Å². The first kappa shape index (κ1) is 15.3. The Bertz CT molecular complexity index is 332. The van der Waals surface area contributed by atoms with Gasteiger partial charge < -0.3 is 19.7 Å². The molecule has 1 aliphatic rings. The van der Waals surface area contributed by atoms with Crippen molar-refractivity contribution < 1.29 is 23.9 Å². The molecule has 1 saturated heterocycles. The van der Waals surface area contributed by atoms with Gasteiger partial charge >= 0.3 is 12.1 Å². The number of piperidine rings is 1. The molecule has 0 aromatic rings. The lowest BCUT2D eigenvalue weighted by molar-refractivity contribution is -0.143. The predicted octanol–water partition coefficient (Wildman–Crippen LogP) is 0.143. The average Bonchev–Trinajstić information content (AvgIpc) is 2.37. The smallest absolute Gasteiger partial charge is 0.407 e. The van der Waals surface area contributed by atoms with Crippen molar-refractivity contribution in [2.75, 3.05) is 27.3 Å². The SMILES string of the molecule is COC(=O)CC1CC(NC(=O)OC)CN(C(C)=O)C1. The van der Waals surface area contributed by atoms with Crippen LogP contribution < -0.4 is 5.32 Å². The zero-order valence-electron chi connectivity index (χ0n) is 11.5. The molecule has 2 unspecified atom stereocenters. The molecule has 2 atom stereocenters. The lowest BCUT2D eigenvalue weighted by Crippen LogP contribution is -2.52. The molecule has 0 aliphatic carbocycles. The molecule has 108 valence electrons. The van der Waals surface area contributed by atoms with Gasteiger partial charge in [0, 0.05) is 20.0 Å². The van der Waals surface area contributed by atoms with Gasteiger partial charge in [-0.1, -0.05) is 0 Å². The largest absolute Gasteiger partial charge is 0.469 e. The summed E-state index contributed by atoms with van der Waals surface area (Å²) in [5, 5.41) is 2.67. The highest BCUT2D eigenvalue weighted by Gasteiger charge is 2.31. The Morgan fingerprint density at radius 1 is 1.21 bits per heavy atom. The number of nitrogens with one attached hydrogen (secondary N) is 1. The van der Waals surface area contributed by atoms with Gasteiger partial charge in [-0.15, -0.1) is 0 Å². The van der Waals surface area contributed by atoms with Crippen LogP contribution >= 0.6 is 0 Å². The van der Waals surface area contributed by atoms with E-state index in [1.165, 1.54) is 21.1 Å². The fourth-order valence-corrected chi connectivity index (χ4v) is 2.26. The van der Waals surface area contributed by atoms with Crippen molar-refractivity contribution in [3.8, 4) is 0 Å². The molecule has 1 rings (SSSR count). The minimum atomic E-state index is -0.535. The van der Waals surface area contributed by atoms with Crippen LogP contribution in [0.4, 0.5) is 4.79 Å². The van der Waals surface area contributed by atoms with E-state index in [-0.39, 0.29) is 30.3 Å². The van der Waals surface area contributed by atoms with E-state index in [0.29, 0.717) is 19.5 Å². The van der Waals surface area contributed by atoms with Gasteiger partial charge in [0.1, 0.15) is 0 Å². The van der Waals surface area contributed by atoms with Crippen LogP contribution in [0.3, 0.4) is 0 Å². The minimum Gasteiger partial charge on any atom is -0.469 e. The number of carbonyl (C=O) groups is 3. The molecule has 7 heteroatoms. The van der Waals surface area contributed by atoms with Gasteiger partial charge in [0.05, 0.1) is 26.7 Å². The number of carbonyl (C=O) groups excluding carboxylic acids is 3. The third-order valence-electron chi connectivity index (χ3n) is 3.17. The Morgan fingerprint density at radius 2 is 1.89 bits per heavy atom. The molecule has 1 fully saturated rings. The minimum absolute atomic E-state index is 0.0211. The van der Waals surface area contributed by atoms with Crippen molar-refractivity contribution in [2.45, 2.75) is 25.8 Å². The predicted molar refractivity (Wildman–Crippen MR) is 66.3 cm³/mol. The second kappa shape index (κ2) is 6.96. The van der Waals surface area contributed by atoms with Crippen molar-refractivity contribution in [1.29, 1.82) is 0 Å². The van der Waals surface area contributed by atoms with Gasteiger partial charge in [0.15, 0.2) is 0 Å². The first-order chi connectivity index (χ1) is 8.96. The molecule has 1 heterocycles. The summed E-state index contributed by atoms with van der Waals surface area (Å²) in [6.45, 7) is 2.40. The number of amides is 2. The fourth-order valence-electron chi connectivity index (χ4n) is 2.26. The third kappa shape index (κ3) is 4.76. The van der Waals surface area contributed by atoms with Crippen molar-refractivity contribution >= 4 is 18.0 Å². The van der Waals surface area contributed by atoms with Gasteiger partial charge in [-0.3, -0.25) is 9.59 Å². The second-order valence-corrected chi connectivity index (χ2v) is 4.64. The number of hydrogen-bond donors (Lipinski definition) is 1. The molecule has 7 nitrogen and oxygen atoms in total. The van der Waals surface area contributed by atoms with Crippen LogP contribution in [0.1, 0.15) is 19.8 Å². The zero-order chi connectivity index (χ0) is 14.4. The Kier molecular flexibility index (Phi) is 5.59. The van der Waals surface area contributed by atoms with E-state index in [2.05, 4.69) is 14.8 Å². The lowest BCUT2D eigenvalue weighted by atomic mass is 9.91. The lowest BCUT2D eigenvalue weighted by Gasteiger charge is -2.37. The molecule has 0 bridgehead atoms. The summed E-state index contributed by atoms with van der Waals surface area (Å²) in [5.74, 6) is -0.411. The second-order valence-electron chi connectivity index (χ2n) is 4.64. The van der Waals surface area contributed by atoms with E-state index >= 15 is 0 Å². The quantitative estimate of drug-likeness (QED) is 0.739. The molecule has 0 spiro atoms. The van der Waals surface area contributed by atoms with Gasteiger partial charge in [-0.05, 0) is 12.3 Å². The van der Waals surface area contributed by atoms with Gasteiger partial charge in [0.2, 0.25) is 5.91 Å². The highest BCUT2D eigenvalue weighted by atomic mass is 16.5. The topological polar surface area (TPSA) is 84.9 Å². The summed E-state index contributed by atoms with van der Waals surface area (Å²) in [5.41, 5.74) is 0. The Hall–Kier alpha value is -1.79. The molecule has 1 aliphatic heterocycles. The Balaban J connectivity index is 2.64. The van der Waals surface area contributed by atoms with E-state index in [9.17, 15) is 14.4 Å².